The second-order valence-corrected chi connectivity index (χ2v) is 8.40. The molecule has 1 aliphatic rings. The lowest BCUT2D eigenvalue weighted by molar-refractivity contribution is -0.115. The van der Waals surface area contributed by atoms with Gasteiger partial charge in [-0.05, 0) is 43.2 Å². The van der Waals surface area contributed by atoms with Gasteiger partial charge in [-0.15, -0.1) is 11.3 Å². The summed E-state index contributed by atoms with van der Waals surface area (Å²) in [6.45, 7) is 3.44. The van der Waals surface area contributed by atoms with E-state index in [9.17, 15) is 14.4 Å². The van der Waals surface area contributed by atoms with Crippen LogP contribution in [0.2, 0.25) is 0 Å². The predicted octanol–water partition coefficient (Wildman–Crippen LogP) is 4.19. The molecule has 8 heteroatoms. The number of anilines is 2. The van der Waals surface area contributed by atoms with Crippen LogP contribution in [0.15, 0.2) is 42.5 Å². The summed E-state index contributed by atoms with van der Waals surface area (Å²) in [5.74, 6) is -0.639. The molecule has 3 aromatic rings. The Bertz CT molecular complexity index is 1070. The maximum Gasteiger partial charge on any atom is 0.254 e. The fourth-order valence-corrected chi connectivity index (χ4v) is 4.88. The average molecular weight is 423 g/mol. The number of rotatable bonds is 4. The van der Waals surface area contributed by atoms with E-state index >= 15 is 0 Å². The van der Waals surface area contributed by atoms with E-state index in [2.05, 4.69) is 10.6 Å². The van der Waals surface area contributed by atoms with E-state index in [0.29, 0.717) is 23.5 Å². The standard InChI is InChI=1S/C22H22N4O3S/c1-13(27)23-16-10-15(11-17(12-16)24-14(2)28)22(29)26-9-5-7-19(26)21-25-18-6-3-4-8-20(18)30-21/h3-4,6,8,10-12,19H,5,7,9H2,1-2H3,(H,23,27)(H,24,28). The number of thiazole rings is 1. The largest absolute Gasteiger partial charge is 0.329 e. The fraction of sp³-hybridized carbons (Fsp3) is 0.273. The van der Waals surface area contributed by atoms with Gasteiger partial charge < -0.3 is 15.5 Å². The Morgan fingerprint density at radius 1 is 1.03 bits per heavy atom. The van der Waals surface area contributed by atoms with Crippen molar-refractivity contribution in [2.45, 2.75) is 32.7 Å². The second kappa shape index (κ2) is 8.23. The average Bonchev–Trinajstić information content (AvgIpc) is 3.32. The number of nitrogens with zero attached hydrogens (tertiary/aromatic N) is 2. The van der Waals surface area contributed by atoms with Crippen LogP contribution in [0, 0.1) is 0 Å². The van der Waals surface area contributed by atoms with Gasteiger partial charge in [0.05, 0.1) is 16.3 Å². The number of benzene rings is 2. The first kappa shape index (κ1) is 20.0. The molecule has 154 valence electrons. The number of hydrogen-bond acceptors (Lipinski definition) is 5. The first-order valence-electron chi connectivity index (χ1n) is 9.77. The highest BCUT2D eigenvalue weighted by atomic mass is 32.1. The van der Waals surface area contributed by atoms with E-state index in [1.165, 1.54) is 13.8 Å². The molecule has 1 aromatic heterocycles. The smallest absolute Gasteiger partial charge is 0.254 e. The maximum absolute atomic E-state index is 13.4. The molecule has 2 aromatic carbocycles. The highest BCUT2D eigenvalue weighted by Gasteiger charge is 2.33. The molecule has 0 aliphatic carbocycles. The highest BCUT2D eigenvalue weighted by Crippen LogP contribution is 2.37. The van der Waals surface area contributed by atoms with Crippen LogP contribution in [0.1, 0.15) is 48.1 Å². The van der Waals surface area contributed by atoms with Crippen molar-refractivity contribution in [2.24, 2.45) is 0 Å². The van der Waals surface area contributed by atoms with E-state index in [-0.39, 0.29) is 23.8 Å². The molecule has 1 saturated heterocycles. The number of amides is 3. The van der Waals surface area contributed by atoms with Gasteiger partial charge in [-0.2, -0.15) is 0 Å². The summed E-state index contributed by atoms with van der Waals surface area (Å²) in [6, 6.07) is 12.8. The predicted molar refractivity (Wildman–Crippen MR) is 118 cm³/mol. The molecule has 4 rings (SSSR count). The lowest BCUT2D eigenvalue weighted by Crippen LogP contribution is -2.30. The summed E-state index contributed by atoms with van der Waals surface area (Å²) in [5.41, 5.74) is 2.29. The van der Waals surface area contributed by atoms with E-state index in [4.69, 9.17) is 4.98 Å². The Morgan fingerprint density at radius 2 is 1.70 bits per heavy atom. The summed E-state index contributed by atoms with van der Waals surface area (Å²) in [6.07, 6.45) is 1.76. The molecular formula is C22H22N4O3S. The minimum absolute atomic E-state index is 0.0801. The number of para-hydroxylation sites is 1. The molecule has 2 N–H and O–H groups in total. The van der Waals surface area contributed by atoms with Crippen molar-refractivity contribution in [3.8, 4) is 0 Å². The Labute approximate surface area is 178 Å². The highest BCUT2D eigenvalue weighted by molar-refractivity contribution is 7.18. The van der Waals surface area contributed by atoms with Gasteiger partial charge >= 0.3 is 0 Å². The molecule has 1 aliphatic heterocycles. The van der Waals surface area contributed by atoms with Gasteiger partial charge in [0, 0.05) is 37.3 Å². The zero-order valence-corrected chi connectivity index (χ0v) is 17.6. The van der Waals surface area contributed by atoms with Gasteiger partial charge in [0.2, 0.25) is 11.8 Å². The molecule has 1 atom stereocenters. The lowest BCUT2D eigenvalue weighted by atomic mass is 10.1. The van der Waals surface area contributed by atoms with Crippen molar-refractivity contribution in [3.63, 3.8) is 0 Å². The van der Waals surface area contributed by atoms with Crippen molar-refractivity contribution in [1.82, 2.24) is 9.88 Å². The number of aromatic nitrogens is 1. The molecule has 0 saturated carbocycles. The summed E-state index contributed by atoms with van der Waals surface area (Å²) >= 11 is 1.62. The lowest BCUT2D eigenvalue weighted by Gasteiger charge is -2.24. The normalized spacial score (nSPS) is 15.9. The maximum atomic E-state index is 13.4. The van der Waals surface area contributed by atoms with Gasteiger partial charge in [-0.3, -0.25) is 14.4 Å². The van der Waals surface area contributed by atoms with Crippen LogP contribution in [-0.4, -0.2) is 34.2 Å². The van der Waals surface area contributed by atoms with Crippen molar-refractivity contribution in [1.29, 1.82) is 0 Å². The zero-order valence-electron chi connectivity index (χ0n) is 16.8. The van der Waals surface area contributed by atoms with Crippen LogP contribution in [0.5, 0.6) is 0 Å². The third-order valence-electron chi connectivity index (χ3n) is 4.93. The Kier molecular flexibility index (Phi) is 5.50. The monoisotopic (exact) mass is 422 g/mol. The number of likely N-dealkylation sites (tertiary alicyclic amines) is 1. The molecule has 0 spiro atoms. The summed E-state index contributed by atoms with van der Waals surface area (Å²) in [4.78, 5) is 43.0. The van der Waals surface area contributed by atoms with Gasteiger partial charge in [-0.1, -0.05) is 12.1 Å². The van der Waals surface area contributed by atoms with Crippen molar-refractivity contribution < 1.29 is 14.4 Å². The van der Waals surface area contributed by atoms with Gasteiger partial charge in [0.15, 0.2) is 0 Å². The van der Waals surface area contributed by atoms with Crippen molar-refractivity contribution in [2.75, 3.05) is 17.2 Å². The van der Waals surface area contributed by atoms with E-state index in [1.54, 1.807) is 29.5 Å². The molecule has 0 radical (unpaired) electrons. The van der Waals surface area contributed by atoms with Crippen molar-refractivity contribution in [3.05, 3.63) is 53.0 Å². The molecule has 7 nitrogen and oxygen atoms in total. The topological polar surface area (TPSA) is 91.4 Å². The van der Waals surface area contributed by atoms with Crippen LogP contribution in [0.4, 0.5) is 11.4 Å². The van der Waals surface area contributed by atoms with Crippen LogP contribution in [0.25, 0.3) is 10.2 Å². The first-order chi connectivity index (χ1) is 14.4. The van der Waals surface area contributed by atoms with E-state index < -0.39 is 0 Å². The Balaban J connectivity index is 1.66. The fourth-order valence-electron chi connectivity index (χ4n) is 3.77. The quantitative estimate of drug-likeness (QED) is 0.659. The first-order valence-corrected chi connectivity index (χ1v) is 10.6. The third-order valence-corrected chi connectivity index (χ3v) is 6.07. The van der Waals surface area contributed by atoms with Gasteiger partial charge in [0.1, 0.15) is 5.01 Å². The minimum Gasteiger partial charge on any atom is -0.329 e. The van der Waals surface area contributed by atoms with Gasteiger partial charge in [-0.25, -0.2) is 4.98 Å². The number of carbonyl (C=O) groups is 3. The molecule has 3 amide bonds. The Morgan fingerprint density at radius 3 is 2.33 bits per heavy atom. The molecule has 1 unspecified atom stereocenters. The zero-order chi connectivity index (χ0) is 21.3. The molecular weight excluding hydrogens is 400 g/mol. The molecule has 2 heterocycles. The third kappa shape index (κ3) is 4.18. The summed E-state index contributed by atoms with van der Waals surface area (Å²) < 4.78 is 1.10. The summed E-state index contributed by atoms with van der Waals surface area (Å²) in [5, 5.41) is 6.32. The molecule has 0 bridgehead atoms. The number of hydrogen-bond donors (Lipinski definition) is 2. The van der Waals surface area contributed by atoms with Crippen LogP contribution in [-0.2, 0) is 9.59 Å². The minimum atomic E-state index is -0.248. The second-order valence-electron chi connectivity index (χ2n) is 7.34. The number of carbonyl (C=O) groups excluding carboxylic acids is 3. The van der Waals surface area contributed by atoms with Crippen molar-refractivity contribution >= 4 is 50.6 Å². The Hall–Kier alpha value is -3.26. The van der Waals surface area contributed by atoms with Crippen LogP contribution >= 0.6 is 11.3 Å². The van der Waals surface area contributed by atoms with Crippen LogP contribution in [0.3, 0.4) is 0 Å². The van der Waals surface area contributed by atoms with Gasteiger partial charge in [0.25, 0.3) is 5.91 Å². The molecule has 30 heavy (non-hydrogen) atoms. The van der Waals surface area contributed by atoms with E-state index in [0.717, 1.165) is 28.1 Å². The number of nitrogens with one attached hydrogen (secondary N) is 2. The molecule has 1 fully saturated rings. The SMILES string of the molecule is CC(=O)Nc1cc(NC(C)=O)cc(C(=O)N2CCCC2c2nc3ccccc3s2)c1. The van der Waals surface area contributed by atoms with E-state index in [1.807, 2.05) is 29.2 Å². The number of fused-ring (bicyclic) bond motifs is 1. The summed E-state index contributed by atoms with van der Waals surface area (Å²) in [7, 11) is 0. The van der Waals surface area contributed by atoms with Crippen LogP contribution < -0.4 is 10.6 Å².